The predicted octanol–water partition coefficient (Wildman–Crippen LogP) is 3.40. The van der Waals surface area contributed by atoms with Crippen LogP contribution in [0.3, 0.4) is 0 Å². The normalized spacial score (nSPS) is 19.5. The van der Waals surface area contributed by atoms with Crippen LogP contribution < -0.4 is 5.73 Å². The molecule has 0 aliphatic heterocycles. The van der Waals surface area contributed by atoms with E-state index in [0.29, 0.717) is 5.41 Å². The van der Waals surface area contributed by atoms with Crippen LogP contribution in [0.25, 0.3) is 0 Å². The van der Waals surface area contributed by atoms with Crippen molar-refractivity contribution in [3.05, 3.63) is 24.2 Å². The fraction of sp³-hybridized carbons (Fsp3) is 0.750. The van der Waals surface area contributed by atoms with Crippen LogP contribution in [0.1, 0.15) is 51.2 Å². The van der Waals surface area contributed by atoms with Crippen molar-refractivity contribution in [2.45, 2.75) is 52.0 Å². The van der Waals surface area contributed by atoms with Gasteiger partial charge in [-0.25, -0.2) is 0 Å². The Morgan fingerprint density at radius 2 is 2.00 bits per heavy atom. The molecule has 0 unspecified atom stereocenters. The minimum atomic E-state index is 0.332. The first-order valence-corrected chi connectivity index (χ1v) is 7.73. The highest BCUT2D eigenvalue weighted by Crippen LogP contribution is 2.35. The van der Waals surface area contributed by atoms with Crippen molar-refractivity contribution in [1.82, 2.24) is 4.90 Å². The second-order valence-electron chi connectivity index (χ2n) is 6.00. The van der Waals surface area contributed by atoms with Crippen LogP contribution >= 0.6 is 0 Å². The van der Waals surface area contributed by atoms with Gasteiger partial charge >= 0.3 is 0 Å². The van der Waals surface area contributed by atoms with Crippen LogP contribution in [0.2, 0.25) is 0 Å². The molecule has 19 heavy (non-hydrogen) atoms. The molecule has 0 aromatic carbocycles. The molecule has 108 valence electrons. The summed E-state index contributed by atoms with van der Waals surface area (Å²) in [5.74, 6) is 1.06. The Hall–Kier alpha value is -0.800. The van der Waals surface area contributed by atoms with E-state index in [-0.39, 0.29) is 0 Å². The van der Waals surface area contributed by atoms with Gasteiger partial charge in [0, 0.05) is 6.54 Å². The highest BCUT2D eigenvalue weighted by atomic mass is 16.3. The maximum Gasteiger partial charge on any atom is 0.117 e. The molecular weight excluding hydrogens is 236 g/mol. The first-order valence-electron chi connectivity index (χ1n) is 7.73. The zero-order valence-electron chi connectivity index (χ0n) is 12.2. The smallest absolute Gasteiger partial charge is 0.117 e. The second kappa shape index (κ2) is 7.11. The van der Waals surface area contributed by atoms with E-state index in [1.807, 2.05) is 6.07 Å². The Morgan fingerprint density at radius 1 is 1.26 bits per heavy atom. The summed E-state index contributed by atoms with van der Waals surface area (Å²) in [6, 6.07) is 4.03. The minimum Gasteiger partial charge on any atom is -0.468 e. The molecule has 1 aromatic heterocycles. The van der Waals surface area contributed by atoms with E-state index in [0.717, 1.165) is 31.9 Å². The lowest BCUT2D eigenvalue weighted by Gasteiger charge is -2.36. The second-order valence-corrected chi connectivity index (χ2v) is 6.00. The topological polar surface area (TPSA) is 42.4 Å². The van der Waals surface area contributed by atoms with Gasteiger partial charge in [-0.3, -0.25) is 4.90 Å². The highest BCUT2D eigenvalue weighted by Gasteiger charge is 2.31. The van der Waals surface area contributed by atoms with Crippen LogP contribution in [0.15, 0.2) is 22.8 Å². The maximum absolute atomic E-state index is 6.13. The summed E-state index contributed by atoms with van der Waals surface area (Å²) < 4.78 is 5.47. The molecule has 2 rings (SSSR count). The molecule has 3 nitrogen and oxygen atoms in total. The lowest BCUT2D eigenvalue weighted by Crippen LogP contribution is -2.42. The molecule has 1 heterocycles. The number of hydrogen-bond acceptors (Lipinski definition) is 3. The first kappa shape index (κ1) is 14.6. The molecule has 0 atom stereocenters. The summed E-state index contributed by atoms with van der Waals surface area (Å²) in [5.41, 5.74) is 6.47. The van der Waals surface area contributed by atoms with Crippen molar-refractivity contribution in [2.75, 3.05) is 19.6 Å². The summed E-state index contributed by atoms with van der Waals surface area (Å²) in [5, 5.41) is 0. The van der Waals surface area contributed by atoms with E-state index >= 15 is 0 Å². The molecule has 2 N–H and O–H groups in total. The van der Waals surface area contributed by atoms with E-state index in [4.69, 9.17) is 10.2 Å². The molecule has 0 spiro atoms. The molecule has 1 aromatic rings. The zero-order chi connectivity index (χ0) is 13.6. The monoisotopic (exact) mass is 264 g/mol. The summed E-state index contributed by atoms with van der Waals surface area (Å²) in [7, 11) is 0. The van der Waals surface area contributed by atoms with Gasteiger partial charge in [0.15, 0.2) is 0 Å². The van der Waals surface area contributed by atoms with Gasteiger partial charge in [-0.1, -0.05) is 32.6 Å². The lowest BCUT2D eigenvalue weighted by atomic mass is 9.80. The van der Waals surface area contributed by atoms with Gasteiger partial charge in [-0.15, -0.1) is 0 Å². The fourth-order valence-electron chi connectivity index (χ4n) is 3.28. The van der Waals surface area contributed by atoms with E-state index in [2.05, 4.69) is 17.9 Å². The van der Waals surface area contributed by atoms with Gasteiger partial charge in [0.2, 0.25) is 0 Å². The summed E-state index contributed by atoms with van der Waals surface area (Å²) in [6.45, 7) is 6.12. The van der Waals surface area contributed by atoms with Crippen molar-refractivity contribution in [3.8, 4) is 0 Å². The summed E-state index contributed by atoms with van der Waals surface area (Å²) in [6.07, 6.45) is 9.78. The highest BCUT2D eigenvalue weighted by molar-refractivity contribution is 4.98. The number of hydrogen-bond donors (Lipinski definition) is 1. The third-order valence-electron chi connectivity index (χ3n) is 4.56. The van der Waals surface area contributed by atoms with Gasteiger partial charge < -0.3 is 10.2 Å². The van der Waals surface area contributed by atoms with Crippen LogP contribution in [0.5, 0.6) is 0 Å². The van der Waals surface area contributed by atoms with Crippen LogP contribution in [-0.4, -0.2) is 24.5 Å². The molecular formula is C16H28N2O. The van der Waals surface area contributed by atoms with Crippen molar-refractivity contribution in [2.24, 2.45) is 11.1 Å². The Balaban J connectivity index is 1.97. The van der Waals surface area contributed by atoms with Crippen LogP contribution in [0, 0.1) is 5.41 Å². The molecule has 1 fully saturated rings. The van der Waals surface area contributed by atoms with E-state index in [9.17, 15) is 0 Å². The van der Waals surface area contributed by atoms with Crippen LogP contribution in [0.4, 0.5) is 0 Å². The molecule has 0 radical (unpaired) electrons. The molecule has 1 aliphatic carbocycles. The number of nitrogens with two attached hydrogens (primary N) is 1. The van der Waals surface area contributed by atoms with E-state index < -0.39 is 0 Å². The van der Waals surface area contributed by atoms with Crippen molar-refractivity contribution in [1.29, 1.82) is 0 Å². The largest absolute Gasteiger partial charge is 0.468 e. The van der Waals surface area contributed by atoms with Gasteiger partial charge in [0.05, 0.1) is 12.8 Å². The maximum atomic E-state index is 6.13. The first-order chi connectivity index (χ1) is 9.28. The lowest BCUT2D eigenvalue weighted by molar-refractivity contribution is 0.129. The molecule has 0 amide bonds. The number of furan rings is 1. The van der Waals surface area contributed by atoms with Crippen LogP contribution in [-0.2, 0) is 6.54 Å². The number of nitrogens with zero attached hydrogens (tertiary/aromatic N) is 1. The molecule has 1 aliphatic rings. The van der Waals surface area contributed by atoms with Crippen molar-refractivity contribution < 1.29 is 4.42 Å². The predicted molar refractivity (Wildman–Crippen MR) is 78.8 cm³/mol. The third kappa shape index (κ3) is 4.08. The van der Waals surface area contributed by atoms with E-state index in [1.165, 1.54) is 38.5 Å². The zero-order valence-corrected chi connectivity index (χ0v) is 12.2. The van der Waals surface area contributed by atoms with Crippen molar-refractivity contribution >= 4 is 0 Å². The Kier molecular flexibility index (Phi) is 5.46. The molecule has 0 bridgehead atoms. The third-order valence-corrected chi connectivity index (χ3v) is 4.56. The SMILES string of the molecule is CCN(Cc1ccco1)CC1(CN)CCCCCC1. The minimum absolute atomic E-state index is 0.332. The Bertz CT molecular complexity index is 340. The van der Waals surface area contributed by atoms with Gasteiger partial charge in [0.1, 0.15) is 5.76 Å². The molecule has 3 heteroatoms. The quantitative estimate of drug-likeness (QED) is 0.801. The Morgan fingerprint density at radius 3 is 2.53 bits per heavy atom. The fourth-order valence-corrected chi connectivity index (χ4v) is 3.28. The average molecular weight is 264 g/mol. The van der Waals surface area contributed by atoms with Gasteiger partial charge in [0.25, 0.3) is 0 Å². The Labute approximate surface area is 117 Å². The van der Waals surface area contributed by atoms with E-state index in [1.54, 1.807) is 6.26 Å². The van der Waals surface area contributed by atoms with Crippen molar-refractivity contribution in [3.63, 3.8) is 0 Å². The average Bonchev–Trinajstić information content (AvgIpc) is 2.83. The number of rotatable bonds is 6. The molecule has 1 saturated carbocycles. The molecule has 0 saturated heterocycles. The summed E-state index contributed by atoms with van der Waals surface area (Å²) >= 11 is 0. The van der Waals surface area contributed by atoms with Gasteiger partial charge in [-0.2, -0.15) is 0 Å². The van der Waals surface area contributed by atoms with Gasteiger partial charge in [-0.05, 0) is 43.5 Å². The summed E-state index contributed by atoms with van der Waals surface area (Å²) in [4.78, 5) is 2.48. The standard InChI is InChI=1S/C16H28N2O/c1-2-18(12-15-8-7-11-19-15)14-16(13-17)9-5-3-4-6-10-16/h7-8,11H,2-6,9-10,12-14,17H2,1H3.